The number of primary amides is 1. The number of amides is 2. The number of hydrogen-bond donors (Lipinski definition) is 2. The lowest BCUT2D eigenvalue weighted by Gasteiger charge is -2.18. The van der Waals surface area contributed by atoms with Crippen LogP contribution in [0.2, 0.25) is 0 Å². The van der Waals surface area contributed by atoms with Crippen LogP contribution in [-0.2, 0) is 17.6 Å². The monoisotopic (exact) mass is 416 g/mol. The first-order valence-corrected chi connectivity index (χ1v) is 9.20. The lowest BCUT2D eigenvalue weighted by atomic mass is 9.88. The molecular formula is C18H16F4N2O3S. The van der Waals surface area contributed by atoms with E-state index in [9.17, 15) is 27.2 Å². The van der Waals surface area contributed by atoms with Gasteiger partial charge in [-0.2, -0.15) is 8.78 Å². The minimum atomic E-state index is -1.75. The fourth-order valence-electron chi connectivity index (χ4n) is 3.08. The molecule has 1 aliphatic carbocycles. The zero-order valence-corrected chi connectivity index (χ0v) is 15.5. The average molecular weight is 416 g/mol. The van der Waals surface area contributed by atoms with Gasteiger partial charge in [0.25, 0.3) is 11.8 Å². The van der Waals surface area contributed by atoms with Crippen molar-refractivity contribution in [3.8, 4) is 5.75 Å². The number of rotatable bonds is 5. The topological polar surface area (TPSA) is 81.4 Å². The van der Waals surface area contributed by atoms with Crippen LogP contribution in [0.4, 0.5) is 22.6 Å². The van der Waals surface area contributed by atoms with Gasteiger partial charge in [0.2, 0.25) is 11.6 Å². The van der Waals surface area contributed by atoms with E-state index in [4.69, 9.17) is 5.73 Å². The Labute approximate surface area is 161 Å². The maximum atomic E-state index is 13.6. The second-order valence-corrected chi connectivity index (χ2v) is 7.66. The zero-order chi connectivity index (χ0) is 20.6. The van der Waals surface area contributed by atoms with Crippen LogP contribution in [0.15, 0.2) is 6.07 Å². The Kier molecular flexibility index (Phi) is 5.59. The second-order valence-electron chi connectivity index (χ2n) is 6.55. The molecule has 28 heavy (non-hydrogen) atoms. The third-order valence-corrected chi connectivity index (χ3v) is 5.60. The van der Waals surface area contributed by atoms with Gasteiger partial charge in [-0.05, 0) is 30.7 Å². The van der Waals surface area contributed by atoms with Gasteiger partial charge >= 0.3 is 0 Å². The molecule has 1 heterocycles. The minimum Gasteiger partial charge on any atom is -0.477 e. The number of nitrogens with two attached hydrogens (primary N) is 1. The third-order valence-electron chi connectivity index (χ3n) is 4.43. The first kappa shape index (κ1) is 20.1. The highest BCUT2D eigenvalue weighted by Crippen LogP contribution is 2.39. The predicted octanol–water partition coefficient (Wildman–Crippen LogP) is 3.55. The summed E-state index contributed by atoms with van der Waals surface area (Å²) in [5.74, 6) is -9.26. The summed E-state index contributed by atoms with van der Waals surface area (Å²) in [6, 6.07) is 0.0356. The molecule has 0 aliphatic heterocycles. The molecule has 0 bridgehead atoms. The van der Waals surface area contributed by atoms with E-state index in [1.807, 2.05) is 0 Å². The molecule has 1 aromatic heterocycles. The van der Waals surface area contributed by atoms with E-state index in [1.54, 1.807) is 0 Å². The van der Waals surface area contributed by atoms with E-state index in [1.165, 1.54) is 11.3 Å². The summed E-state index contributed by atoms with van der Waals surface area (Å²) in [7, 11) is 0. The Balaban J connectivity index is 1.77. The van der Waals surface area contributed by atoms with Crippen molar-refractivity contribution in [3.63, 3.8) is 0 Å². The number of hydrogen-bond acceptors (Lipinski definition) is 4. The Morgan fingerprint density at radius 2 is 1.89 bits per heavy atom. The summed E-state index contributed by atoms with van der Waals surface area (Å²) in [5.41, 5.74) is 6.43. The van der Waals surface area contributed by atoms with E-state index in [0.29, 0.717) is 12.3 Å². The van der Waals surface area contributed by atoms with Crippen LogP contribution in [0.5, 0.6) is 5.75 Å². The number of fused-ring (bicyclic) bond motifs is 1. The van der Waals surface area contributed by atoms with E-state index in [0.717, 1.165) is 23.3 Å². The van der Waals surface area contributed by atoms with E-state index < -0.39 is 47.4 Å². The highest BCUT2D eigenvalue weighted by molar-refractivity contribution is 7.17. The molecule has 10 heteroatoms. The number of ether oxygens (including phenoxy) is 1. The molecule has 2 aromatic rings. The van der Waals surface area contributed by atoms with Gasteiger partial charge in [-0.25, -0.2) is 8.78 Å². The van der Waals surface area contributed by atoms with E-state index in [-0.39, 0.29) is 16.6 Å². The van der Waals surface area contributed by atoms with Crippen LogP contribution in [0.1, 0.15) is 34.1 Å². The van der Waals surface area contributed by atoms with Crippen LogP contribution in [0, 0.1) is 29.2 Å². The van der Waals surface area contributed by atoms with Crippen molar-refractivity contribution in [1.82, 2.24) is 0 Å². The number of anilines is 1. The highest BCUT2D eigenvalue weighted by atomic mass is 32.1. The van der Waals surface area contributed by atoms with Gasteiger partial charge in [0, 0.05) is 10.9 Å². The molecule has 1 unspecified atom stereocenters. The molecule has 0 fully saturated rings. The third kappa shape index (κ3) is 3.82. The summed E-state index contributed by atoms with van der Waals surface area (Å²) >= 11 is 1.20. The summed E-state index contributed by atoms with van der Waals surface area (Å²) in [6.07, 6.45) is 2.27. The first-order chi connectivity index (χ1) is 13.2. The van der Waals surface area contributed by atoms with Gasteiger partial charge in [-0.15, -0.1) is 11.3 Å². The van der Waals surface area contributed by atoms with E-state index >= 15 is 0 Å². The Hall–Kier alpha value is -2.62. The second kappa shape index (κ2) is 7.78. The normalized spacial score (nSPS) is 15.8. The molecule has 1 aromatic carbocycles. The molecule has 2 amide bonds. The van der Waals surface area contributed by atoms with Crippen LogP contribution in [0.25, 0.3) is 0 Å². The number of thiophene rings is 1. The lowest BCUT2D eigenvalue weighted by Crippen LogP contribution is -2.23. The lowest BCUT2D eigenvalue weighted by molar-refractivity contribution is -0.118. The van der Waals surface area contributed by atoms with Crippen molar-refractivity contribution in [3.05, 3.63) is 45.3 Å². The van der Waals surface area contributed by atoms with Crippen molar-refractivity contribution in [2.24, 2.45) is 11.7 Å². The number of halogens is 4. The molecule has 0 spiro atoms. The van der Waals surface area contributed by atoms with Crippen LogP contribution < -0.4 is 15.8 Å². The fraction of sp³-hybridized carbons (Fsp3) is 0.333. The number of nitrogens with one attached hydrogen (secondary N) is 1. The van der Waals surface area contributed by atoms with Crippen molar-refractivity contribution < 1.29 is 31.9 Å². The summed E-state index contributed by atoms with van der Waals surface area (Å²) in [6.45, 7) is 1.15. The molecule has 0 saturated heterocycles. The van der Waals surface area contributed by atoms with Gasteiger partial charge in [-0.3, -0.25) is 9.59 Å². The summed E-state index contributed by atoms with van der Waals surface area (Å²) < 4.78 is 58.2. The minimum absolute atomic E-state index is 0.0356. The van der Waals surface area contributed by atoms with Crippen molar-refractivity contribution in [2.75, 3.05) is 11.9 Å². The molecule has 0 radical (unpaired) electrons. The molecular weight excluding hydrogens is 400 g/mol. The van der Waals surface area contributed by atoms with Crippen molar-refractivity contribution in [2.45, 2.75) is 26.2 Å². The summed E-state index contributed by atoms with van der Waals surface area (Å²) in [4.78, 5) is 24.9. The SMILES string of the molecule is CC1CCc2c(sc(NC(=O)COc3c(F)c(F)cc(F)c3F)c2C(N)=O)C1. The largest absolute Gasteiger partial charge is 0.477 e. The van der Waals surface area contributed by atoms with Crippen molar-refractivity contribution >= 4 is 28.2 Å². The summed E-state index contributed by atoms with van der Waals surface area (Å²) in [5, 5.41) is 2.64. The number of carbonyl (C=O) groups is 2. The average Bonchev–Trinajstić information content (AvgIpc) is 2.96. The number of benzene rings is 1. The van der Waals surface area contributed by atoms with Gasteiger partial charge in [0.15, 0.2) is 24.0 Å². The molecule has 3 rings (SSSR count). The smallest absolute Gasteiger partial charge is 0.262 e. The molecule has 1 atom stereocenters. The maximum Gasteiger partial charge on any atom is 0.262 e. The van der Waals surface area contributed by atoms with Crippen LogP contribution >= 0.6 is 11.3 Å². The highest BCUT2D eigenvalue weighted by Gasteiger charge is 2.27. The molecule has 1 aliphatic rings. The van der Waals surface area contributed by atoms with Gasteiger partial charge in [0.1, 0.15) is 5.00 Å². The Morgan fingerprint density at radius 3 is 2.50 bits per heavy atom. The quantitative estimate of drug-likeness (QED) is 0.578. The van der Waals surface area contributed by atoms with Crippen LogP contribution in [-0.4, -0.2) is 18.4 Å². The van der Waals surface area contributed by atoms with Crippen molar-refractivity contribution in [1.29, 1.82) is 0 Å². The fourth-order valence-corrected chi connectivity index (χ4v) is 4.51. The van der Waals surface area contributed by atoms with E-state index in [2.05, 4.69) is 17.0 Å². The molecule has 150 valence electrons. The Bertz CT molecular complexity index is 935. The number of carbonyl (C=O) groups excluding carboxylic acids is 2. The van der Waals surface area contributed by atoms with Gasteiger partial charge in [-0.1, -0.05) is 6.92 Å². The molecule has 3 N–H and O–H groups in total. The van der Waals surface area contributed by atoms with Crippen LogP contribution in [0.3, 0.4) is 0 Å². The zero-order valence-electron chi connectivity index (χ0n) is 14.7. The first-order valence-electron chi connectivity index (χ1n) is 8.39. The predicted molar refractivity (Wildman–Crippen MR) is 94.4 cm³/mol. The van der Waals surface area contributed by atoms with Gasteiger partial charge in [0.05, 0.1) is 5.56 Å². The molecule has 5 nitrogen and oxygen atoms in total. The maximum absolute atomic E-state index is 13.6. The van der Waals surface area contributed by atoms with Gasteiger partial charge < -0.3 is 15.8 Å². The Morgan fingerprint density at radius 1 is 1.25 bits per heavy atom. The molecule has 0 saturated carbocycles. The standard InChI is InChI=1S/C18H16F4N2O3S/c1-7-2-3-8-11(4-7)28-18(13(8)17(23)26)24-12(25)6-27-16-14(21)9(19)5-10(20)15(16)22/h5,7H,2-4,6H2,1H3,(H2,23,26)(H,24,25).